The number of hydrogen-bond donors (Lipinski definition) is 5. The van der Waals surface area contributed by atoms with E-state index < -0.39 is 0 Å². The van der Waals surface area contributed by atoms with Crippen LogP contribution in [0.15, 0.2) is 35.6 Å². The SMILES string of the molecule is NN/N=C(\N)NC(=O)N1CCN(Cc2ccc3cc[nH]c3c2)CC1. The Labute approximate surface area is 139 Å². The summed E-state index contributed by atoms with van der Waals surface area (Å²) in [6.45, 7) is 3.76. The van der Waals surface area contributed by atoms with E-state index in [1.807, 2.05) is 11.7 Å². The fourth-order valence-corrected chi connectivity index (χ4v) is 2.85. The number of hydrogen-bond acceptors (Lipinski definition) is 5. The van der Waals surface area contributed by atoms with Crippen molar-refractivity contribution in [2.24, 2.45) is 16.7 Å². The fraction of sp³-hybridized carbons (Fsp3) is 0.333. The average molecular weight is 330 g/mol. The predicted octanol–water partition coefficient (Wildman–Crippen LogP) is -0.312. The van der Waals surface area contributed by atoms with E-state index in [-0.39, 0.29) is 12.0 Å². The normalized spacial score (nSPS) is 16.4. The molecule has 7 N–H and O–H groups in total. The summed E-state index contributed by atoms with van der Waals surface area (Å²) < 4.78 is 0. The van der Waals surface area contributed by atoms with Crippen molar-refractivity contribution in [3.8, 4) is 0 Å². The van der Waals surface area contributed by atoms with Gasteiger partial charge in [0.2, 0.25) is 5.96 Å². The molecule has 0 spiro atoms. The van der Waals surface area contributed by atoms with Gasteiger partial charge in [-0.15, -0.1) is 5.10 Å². The number of fused-ring (bicyclic) bond motifs is 1. The Morgan fingerprint density at radius 2 is 2.04 bits per heavy atom. The number of nitrogens with one attached hydrogen (secondary N) is 3. The average Bonchev–Trinajstić information content (AvgIpc) is 3.03. The lowest BCUT2D eigenvalue weighted by Gasteiger charge is -2.34. The van der Waals surface area contributed by atoms with Crippen molar-refractivity contribution in [1.29, 1.82) is 0 Å². The van der Waals surface area contributed by atoms with E-state index >= 15 is 0 Å². The van der Waals surface area contributed by atoms with Crippen molar-refractivity contribution in [2.75, 3.05) is 26.2 Å². The molecule has 9 nitrogen and oxygen atoms in total. The van der Waals surface area contributed by atoms with E-state index in [0.29, 0.717) is 13.1 Å². The van der Waals surface area contributed by atoms with Gasteiger partial charge in [-0.05, 0) is 23.1 Å². The van der Waals surface area contributed by atoms with Crippen LogP contribution in [0.1, 0.15) is 5.56 Å². The lowest BCUT2D eigenvalue weighted by Crippen LogP contribution is -2.53. The molecule has 1 saturated heterocycles. The van der Waals surface area contributed by atoms with Crippen LogP contribution in [0, 0.1) is 0 Å². The van der Waals surface area contributed by atoms with Crippen LogP contribution in [0.4, 0.5) is 4.79 Å². The third-order valence-electron chi connectivity index (χ3n) is 4.11. The van der Waals surface area contributed by atoms with Crippen LogP contribution in [0.25, 0.3) is 10.9 Å². The molecule has 0 radical (unpaired) electrons. The second-order valence-electron chi connectivity index (χ2n) is 5.72. The molecule has 0 atom stereocenters. The summed E-state index contributed by atoms with van der Waals surface area (Å²) in [5, 5.41) is 7.20. The highest BCUT2D eigenvalue weighted by Crippen LogP contribution is 2.16. The molecule has 1 aromatic heterocycles. The van der Waals surface area contributed by atoms with Crippen molar-refractivity contribution >= 4 is 22.9 Å². The zero-order valence-electron chi connectivity index (χ0n) is 13.3. The van der Waals surface area contributed by atoms with Gasteiger partial charge in [-0.1, -0.05) is 12.1 Å². The number of nitrogens with two attached hydrogens (primary N) is 2. The molecule has 9 heteroatoms. The van der Waals surface area contributed by atoms with E-state index in [4.69, 9.17) is 11.6 Å². The summed E-state index contributed by atoms with van der Waals surface area (Å²) in [7, 11) is 0. The number of benzene rings is 1. The monoisotopic (exact) mass is 330 g/mol. The number of carbonyl (C=O) groups is 1. The molecular formula is C15H22N8O. The Balaban J connectivity index is 1.51. The molecule has 2 aromatic rings. The number of aromatic nitrogens is 1. The highest BCUT2D eigenvalue weighted by Gasteiger charge is 2.21. The zero-order valence-corrected chi connectivity index (χ0v) is 13.3. The first-order chi connectivity index (χ1) is 11.7. The number of carbonyl (C=O) groups excluding carboxylic acids is 1. The van der Waals surface area contributed by atoms with Gasteiger partial charge in [0.25, 0.3) is 0 Å². The van der Waals surface area contributed by atoms with Crippen LogP contribution >= 0.6 is 0 Å². The Morgan fingerprint density at radius 1 is 1.25 bits per heavy atom. The van der Waals surface area contributed by atoms with Crippen LogP contribution in [0.5, 0.6) is 0 Å². The minimum atomic E-state index is -0.265. The summed E-state index contributed by atoms with van der Waals surface area (Å²) in [5.74, 6) is 4.96. The highest BCUT2D eigenvalue weighted by atomic mass is 16.2. The number of piperazine rings is 1. The van der Waals surface area contributed by atoms with Crippen LogP contribution in [0.3, 0.4) is 0 Å². The number of amides is 2. The first-order valence-electron chi connectivity index (χ1n) is 7.79. The van der Waals surface area contributed by atoms with Crippen LogP contribution < -0.4 is 22.4 Å². The van der Waals surface area contributed by atoms with Crippen LogP contribution in [-0.2, 0) is 6.54 Å². The topological polar surface area (TPSA) is 128 Å². The minimum absolute atomic E-state index is 0.0517. The van der Waals surface area contributed by atoms with Gasteiger partial charge in [-0.25, -0.2) is 16.2 Å². The van der Waals surface area contributed by atoms with Crippen LogP contribution in [0.2, 0.25) is 0 Å². The van der Waals surface area contributed by atoms with E-state index in [1.54, 1.807) is 4.90 Å². The van der Waals surface area contributed by atoms with Crippen molar-refractivity contribution in [1.82, 2.24) is 25.6 Å². The number of hydrazine groups is 1. The first kappa shape index (κ1) is 16.1. The lowest BCUT2D eigenvalue weighted by molar-refractivity contribution is 0.138. The van der Waals surface area contributed by atoms with Gasteiger partial charge in [-0.2, -0.15) is 0 Å². The van der Waals surface area contributed by atoms with E-state index in [2.05, 4.69) is 44.6 Å². The van der Waals surface area contributed by atoms with Gasteiger partial charge in [0, 0.05) is 44.4 Å². The number of urea groups is 1. The maximum absolute atomic E-state index is 12.0. The van der Waals surface area contributed by atoms with Crippen molar-refractivity contribution in [2.45, 2.75) is 6.54 Å². The molecule has 2 heterocycles. The zero-order chi connectivity index (χ0) is 16.9. The summed E-state index contributed by atoms with van der Waals surface area (Å²) in [4.78, 5) is 19.3. The smallest absolute Gasteiger partial charge is 0.324 e. The Hall–Kier alpha value is -2.78. The summed E-state index contributed by atoms with van der Waals surface area (Å²) in [5.41, 5.74) is 9.94. The quantitative estimate of drug-likeness (QED) is 0.228. The van der Waals surface area contributed by atoms with Gasteiger partial charge < -0.3 is 15.6 Å². The molecule has 24 heavy (non-hydrogen) atoms. The molecule has 1 aliphatic rings. The highest BCUT2D eigenvalue weighted by molar-refractivity contribution is 5.95. The Morgan fingerprint density at radius 3 is 2.79 bits per heavy atom. The third-order valence-corrected chi connectivity index (χ3v) is 4.11. The largest absolute Gasteiger partial charge is 0.368 e. The molecular weight excluding hydrogens is 308 g/mol. The minimum Gasteiger partial charge on any atom is -0.368 e. The number of rotatable bonds is 3. The molecule has 3 rings (SSSR count). The molecule has 0 bridgehead atoms. The third kappa shape index (κ3) is 3.76. The molecule has 0 aliphatic carbocycles. The van der Waals surface area contributed by atoms with Gasteiger partial charge in [0.15, 0.2) is 0 Å². The molecule has 0 saturated carbocycles. The summed E-state index contributed by atoms with van der Waals surface area (Å²) >= 11 is 0. The molecule has 1 aromatic carbocycles. The van der Waals surface area contributed by atoms with Crippen molar-refractivity contribution in [3.63, 3.8) is 0 Å². The van der Waals surface area contributed by atoms with Crippen LogP contribution in [-0.4, -0.2) is 53.0 Å². The maximum Gasteiger partial charge on any atom is 0.324 e. The van der Waals surface area contributed by atoms with Crippen molar-refractivity contribution in [3.05, 3.63) is 36.0 Å². The number of aromatic amines is 1. The lowest BCUT2D eigenvalue weighted by atomic mass is 10.1. The molecule has 1 fully saturated rings. The number of guanidine groups is 1. The number of nitrogens with zero attached hydrogens (tertiary/aromatic N) is 3. The standard InChI is InChI=1S/C15H22N8O/c16-14(20-21-17)19-15(24)23-7-5-22(6-8-23)10-11-1-2-12-3-4-18-13(12)9-11/h1-4,9,18,21H,5-8,10,17H2,(H3,16,19,20,24). The van der Waals surface area contributed by atoms with Gasteiger partial charge in [0.05, 0.1) is 0 Å². The van der Waals surface area contributed by atoms with Crippen molar-refractivity contribution < 1.29 is 4.79 Å². The second kappa shape index (κ2) is 7.20. The van der Waals surface area contributed by atoms with Gasteiger partial charge in [0.1, 0.15) is 0 Å². The van der Waals surface area contributed by atoms with Gasteiger partial charge >= 0.3 is 6.03 Å². The number of hydrazone groups is 1. The Kier molecular flexibility index (Phi) is 4.82. The number of H-pyrrole nitrogens is 1. The maximum atomic E-state index is 12.0. The van der Waals surface area contributed by atoms with E-state index in [1.165, 1.54) is 10.9 Å². The molecule has 1 aliphatic heterocycles. The Bertz CT molecular complexity index is 732. The molecule has 2 amide bonds. The predicted molar refractivity (Wildman–Crippen MR) is 92.6 cm³/mol. The summed E-state index contributed by atoms with van der Waals surface area (Å²) in [6.07, 6.45) is 1.95. The fourth-order valence-electron chi connectivity index (χ4n) is 2.85. The van der Waals surface area contributed by atoms with E-state index in [0.717, 1.165) is 25.2 Å². The summed E-state index contributed by atoms with van der Waals surface area (Å²) in [6, 6.07) is 8.24. The van der Waals surface area contributed by atoms with Gasteiger partial charge in [-0.3, -0.25) is 10.2 Å². The molecule has 128 valence electrons. The first-order valence-corrected chi connectivity index (χ1v) is 7.79. The van der Waals surface area contributed by atoms with E-state index in [9.17, 15) is 4.79 Å². The molecule has 0 unspecified atom stereocenters. The second-order valence-corrected chi connectivity index (χ2v) is 5.72.